The van der Waals surface area contributed by atoms with E-state index < -0.39 is 0 Å². The first-order valence-electron chi connectivity index (χ1n) is 4.46. The van der Waals surface area contributed by atoms with Crippen LogP contribution in [0.4, 0.5) is 0 Å². The van der Waals surface area contributed by atoms with Gasteiger partial charge in [-0.3, -0.25) is 0 Å². The molecule has 0 spiro atoms. The van der Waals surface area contributed by atoms with Crippen molar-refractivity contribution in [3.05, 3.63) is 0 Å². The maximum Gasteiger partial charge on any atom is 0.0707 e. The molecule has 1 heterocycles. The monoisotopic (exact) mass is 157 g/mol. The molecule has 0 unspecified atom stereocenters. The van der Waals surface area contributed by atoms with Gasteiger partial charge >= 0.3 is 0 Å². The van der Waals surface area contributed by atoms with Crippen LogP contribution in [0.2, 0.25) is 0 Å². The van der Waals surface area contributed by atoms with Gasteiger partial charge in [-0.25, -0.2) is 0 Å². The second-order valence-electron chi connectivity index (χ2n) is 4.18. The molecule has 0 aromatic rings. The fourth-order valence-corrected chi connectivity index (χ4v) is 1.90. The Hall–Kier alpha value is -0.0800. The van der Waals surface area contributed by atoms with Crippen LogP contribution >= 0.6 is 0 Å². The Kier molecular flexibility index (Phi) is 2.90. The first kappa shape index (κ1) is 9.01. The first-order chi connectivity index (χ1) is 5.09. The van der Waals surface area contributed by atoms with Crippen LogP contribution in [0.15, 0.2) is 0 Å². The number of rotatable bonds is 2. The number of likely N-dealkylation sites (tertiary alicyclic amines) is 1. The zero-order valence-electron chi connectivity index (χ0n) is 7.75. The molecule has 1 N–H and O–H groups in total. The van der Waals surface area contributed by atoms with Crippen molar-refractivity contribution >= 4 is 0 Å². The molecule has 0 aromatic carbocycles. The number of aliphatic hydroxyl groups excluding tert-OH is 1. The summed E-state index contributed by atoms with van der Waals surface area (Å²) in [5.41, 5.74) is 0. The van der Waals surface area contributed by atoms with Crippen molar-refractivity contribution in [3.63, 3.8) is 0 Å². The highest BCUT2D eigenvalue weighted by Crippen LogP contribution is 2.22. The molecule has 0 radical (unpaired) electrons. The fraction of sp³-hybridized carbons (Fsp3) is 1.00. The van der Waals surface area contributed by atoms with E-state index in [1.165, 1.54) is 0 Å². The summed E-state index contributed by atoms with van der Waals surface area (Å²) >= 11 is 0. The van der Waals surface area contributed by atoms with E-state index in [0.29, 0.717) is 11.8 Å². The molecular weight excluding hydrogens is 138 g/mol. The topological polar surface area (TPSA) is 23.5 Å². The van der Waals surface area contributed by atoms with Crippen LogP contribution in [0, 0.1) is 11.8 Å². The van der Waals surface area contributed by atoms with E-state index in [1.54, 1.807) is 0 Å². The summed E-state index contributed by atoms with van der Waals surface area (Å²) < 4.78 is 0. The lowest BCUT2D eigenvalue weighted by molar-refractivity contribution is 0.132. The lowest BCUT2D eigenvalue weighted by Gasteiger charge is -2.15. The summed E-state index contributed by atoms with van der Waals surface area (Å²) in [7, 11) is 2.07. The quantitative estimate of drug-likeness (QED) is 0.645. The number of hydrogen-bond acceptors (Lipinski definition) is 2. The number of nitrogens with zero attached hydrogens (tertiary/aromatic N) is 1. The summed E-state index contributed by atoms with van der Waals surface area (Å²) in [6, 6.07) is 0. The molecule has 1 saturated heterocycles. The van der Waals surface area contributed by atoms with Gasteiger partial charge in [-0.05, 0) is 25.3 Å². The van der Waals surface area contributed by atoms with Crippen LogP contribution in [0.25, 0.3) is 0 Å². The molecule has 0 aliphatic carbocycles. The molecule has 1 fully saturated rings. The molecule has 2 atom stereocenters. The Bertz CT molecular complexity index is 125. The molecule has 0 saturated carbocycles. The predicted molar refractivity (Wildman–Crippen MR) is 46.4 cm³/mol. The van der Waals surface area contributed by atoms with Gasteiger partial charge in [0, 0.05) is 13.1 Å². The largest absolute Gasteiger partial charge is 0.391 e. The molecule has 1 aliphatic heterocycles. The first-order valence-corrected chi connectivity index (χ1v) is 4.46. The normalized spacial score (nSPS) is 33.5. The molecule has 2 heteroatoms. The number of likely N-dealkylation sites (N-methyl/N-ethyl adjacent to an activating group) is 1. The van der Waals surface area contributed by atoms with E-state index in [1.807, 2.05) is 0 Å². The van der Waals surface area contributed by atoms with Crippen molar-refractivity contribution in [2.24, 2.45) is 11.8 Å². The number of β-amino-alcohol motifs (C(OH)–C–C–N with tert-alkyl or cyclic N) is 1. The van der Waals surface area contributed by atoms with Crippen molar-refractivity contribution in [2.75, 3.05) is 20.1 Å². The van der Waals surface area contributed by atoms with E-state index in [4.69, 9.17) is 0 Å². The molecular formula is C9H19NO. The fourth-order valence-electron chi connectivity index (χ4n) is 1.90. The Morgan fingerprint density at radius 2 is 2.09 bits per heavy atom. The summed E-state index contributed by atoms with van der Waals surface area (Å²) in [6.45, 7) is 6.35. The third-order valence-electron chi connectivity index (χ3n) is 2.36. The molecule has 0 amide bonds. The van der Waals surface area contributed by atoms with E-state index >= 15 is 0 Å². The summed E-state index contributed by atoms with van der Waals surface area (Å²) in [5, 5.41) is 9.57. The van der Waals surface area contributed by atoms with E-state index in [0.717, 1.165) is 19.5 Å². The predicted octanol–water partition coefficient (Wildman–Crippen LogP) is 0.955. The van der Waals surface area contributed by atoms with Crippen molar-refractivity contribution < 1.29 is 5.11 Å². The molecule has 1 aliphatic rings. The lowest BCUT2D eigenvalue weighted by Crippen LogP contribution is -2.19. The second-order valence-corrected chi connectivity index (χ2v) is 4.18. The third-order valence-corrected chi connectivity index (χ3v) is 2.36. The van der Waals surface area contributed by atoms with Gasteiger partial charge in [-0.15, -0.1) is 0 Å². The Morgan fingerprint density at radius 3 is 2.45 bits per heavy atom. The van der Waals surface area contributed by atoms with Gasteiger partial charge in [0.1, 0.15) is 0 Å². The number of hydrogen-bond donors (Lipinski definition) is 1. The molecule has 66 valence electrons. The highest BCUT2D eigenvalue weighted by Gasteiger charge is 2.28. The van der Waals surface area contributed by atoms with Crippen molar-refractivity contribution in [1.29, 1.82) is 0 Å². The van der Waals surface area contributed by atoms with Crippen LogP contribution in [0.5, 0.6) is 0 Å². The highest BCUT2D eigenvalue weighted by molar-refractivity contribution is 4.82. The lowest BCUT2D eigenvalue weighted by atomic mass is 9.95. The van der Waals surface area contributed by atoms with E-state index in [9.17, 15) is 5.11 Å². The average Bonchev–Trinajstić information content (AvgIpc) is 2.09. The van der Waals surface area contributed by atoms with Gasteiger partial charge in [0.2, 0.25) is 0 Å². The van der Waals surface area contributed by atoms with Gasteiger partial charge in [-0.1, -0.05) is 13.8 Å². The maximum atomic E-state index is 9.57. The molecule has 0 aromatic heterocycles. The average molecular weight is 157 g/mol. The minimum Gasteiger partial charge on any atom is -0.391 e. The molecule has 2 nitrogen and oxygen atoms in total. The van der Waals surface area contributed by atoms with Crippen molar-refractivity contribution in [1.82, 2.24) is 4.90 Å². The standard InChI is InChI=1S/C9H19NO/c1-7(2)4-8-5-10(3)6-9(8)11/h7-9,11H,4-6H2,1-3H3/t8-,9-/m0/s1. The minimum atomic E-state index is -0.0811. The van der Waals surface area contributed by atoms with E-state index in [2.05, 4.69) is 25.8 Å². The van der Waals surface area contributed by atoms with Crippen LogP contribution in [0.3, 0.4) is 0 Å². The van der Waals surface area contributed by atoms with Crippen molar-refractivity contribution in [3.8, 4) is 0 Å². The van der Waals surface area contributed by atoms with Gasteiger partial charge in [0.15, 0.2) is 0 Å². The SMILES string of the molecule is CC(C)C[C@H]1CN(C)C[C@@H]1O. The number of aliphatic hydroxyl groups is 1. The van der Waals surface area contributed by atoms with Gasteiger partial charge in [0.25, 0.3) is 0 Å². The van der Waals surface area contributed by atoms with Crippen molar-refractivity contribution in [2.45, 2.75) is 26.4 Å². The summed E-state index contributed by atoms with van der Waals surface area (Å²) in [6.07, 6.45) is 1.08. The minimum absolute atomic E-state index is 0.0811. The van der Waals surface area contributed by atoms with Crippen LogP contribution < -0.4 is 0 Å². The Labute approximate surface area is 69.2 Å². The molecule has 0 bridgehead atoms. The highest BCUT2D eigenvalue weighted by atomic mass is 16.3. The van der Waals surface area contributed by atoms with Gasteiger partial charge in [-0.2, -0.15) is 0 Å². The zero-order chi connectivity index (χ0) is 8.43. The van der Waals surface area contributed by atoms with E-state index in [-0.39, 0.29) is 6.10 Å². The Morgan fingerprint density at radius 1 is 1.45 bits per heavy atom. The van der Waals surface area contributed by atoms with Crippen LogP contribution in [-0.2, 0) is 0 Å². The summed E-state index contributed by atoms with van der Waals surface area (Å²) in [5.74, 6) is 1.22. The Balaban J connectivity index is 2.34. The molecule has 1 rings (SSSR count). The zero-order valence-corrected chi connectivity index (χ0v) is 7.75. The third kappa shape index (κ3) is 2.46. The van der Waals surface area contributed by atoms with Crippen LogP contribution in [-0.4, -0.2) is 36.2 Å². The smallest absolute Gasteiger partial charge is 0.0707 e. The second kappa shape index (κ2) is 3.55. The molecule has 11 heavy (non-hydrogen) atoms. The maximum absolute atomic E-state index is 9.57. The van der Waals surface area contributed by atoms with Gasteiger partial charge in [0.05, 0.1) is 6.10 Å². The van der Waals surface area contributed by atoms with Gasteiger partial charge < -0.3 is 10.0 Å². The van der Waals surface area contributed by atoms with Crippen LogP contribution in [0.1, 0.15) is 20.3 Å². The summed E-state index contributed by atoms with van der Waals surface area (Å²) in [4.78, 5) is 2.21.